The molecule has 0 aliphatic heterocycles. The summed E-state index contributed by atoms with van der Waals surface area (Å²) in [7, 11) is 3.12. The number of amides is 3. The maximum absolute atomic E-state index is 14.3. The highest BCUT2D eigenvalue weighted by molar-refractivity contribution is 5.95. The highest BCUT2D eigenvalue weighted by Gasteiger charge is 2.35. The van der Waals surface area contributed by atoms with Gasteiger partial charge in [0.15, 0.2) is 0 Å². The Kier molecular flexibility index (Phi) is 12.8. The Morgan fingerprint density at radius 1 is 0.911 bits per heavy atom. The molecule has 0 saturated heterocycles. The van der Waals surface area contributed by atoms with E-state index in [1.54, 1.807) is 32.2 Å². The summed E-state index contributed by atoms with van der Waals surface area (Å²) in [4.78, 5) is 43.9. The molecule has 3 aromatic carbocycles. The van der Waals surface area contributed by atoms with Crippen LogP contribution in [0.5, 0.6) is 0 Å². The third kappa shape index (κ3) is 9.96. The summed E-state index contributed by atoms with van der Waals surface area (Å²) in [5.74, 6) is -1.66. The molecule has 0 spiro atoms. The van der Waals surface area contributed by atoms with E-state index in [-0.39, 0.29) is 25.3 Å². The smallest absolute Gasteiger partial charge is 0.246 e. The first-order valence-corrected chi connectivity index (χ1v) is 15.5. The normalized spacial score (nSPS) is 13.8. The third-order valence-corrected chi connectivity index (χ3v) is 8.57. The van der Waals surface area contributed by atoms with Crippen LogP contribution in [0, 0.1) is 5.82 Å². The number of nitrogens with zero attached hydrogens (tertiary/aromatic N) is 2. The molecule has 3 amide bonds. The van der Waals surface area contributed by atoms with Crippen LogP contribution in [-0.4, -0.2) is 77.0 Å². The number of fused-ring (bicyclic) bond motifs is 1. The molecule has 8 nitrogen and oxygen atoms in total. The van der Waals surface area contributed by atoms with Crippen molar-refractivity contribution in [2.45, 2.75) is 76.6 Å². The summed E-state index contributed by atoms with van der Waals surface area (Å²) < 4.78 is 13.6. The number of likely N-dealkylation sites (N-methyl/N-ethyl adjacent to an activating group) is 2. The first kappa shape index (κ1) is 35.4. The molecule has 45 heavy (non-hydrogen) atoms. The maximum atomic E-state index is 14.3. The second-order valence-electron chi connectivity index (χ2n) is 11.9. The standard InChI is InChI=1S/C36H47FN4O4/c1-6-36(38,7-2)20-10-13-33(43)40(4)32(23-27-14-17-28-11-8-9-12-29(28)21-27)35(45)41(5)31(34(44)39-24-25(3)42)22-26-15-18-30(37)19-16-26/h8-19,21,25,31-32,42H,6-7,20,22-24,38H2,1-5H3,(H,39,44)/t25-,31-,32-/m1/s1. The van der Waals surface area contributed by atoms with Crippen LogP contribution in [0.4, 0.5) is 4.39 Å². The number of carbonyl (C=O) groups excluding carboxylic acids is 3. The molecule has 242 valence electrons. The van der Waals surface area contributed by atoms with Gasteiger partial charge in [0.2, 0.25) is 17.7 Å². The van der Waals surface area contributed by atoms with Crippen LogP contribution in [0.3, 0.4) is 0 Å². The van der Waals surface area contributed by atoms with Crippen LogP contribution >= 0.6 is 0 Å². The SMILES string of the molecule is CCC(N)(CC)CC=CC(=O)N(C)[C@H](Cc1ccc2ccccc2c1)C(=O)N(C)[C@H](Cc1ccc(F)cc1)C(=O)NC[C@@H](C)O. The molecule has 4 N–H and O–H groups in total. The average molecular weight is 619 g/mol. The van der Waals surface area contributed by atoms with Crippen molar-refractivity contribution in [2.24, 2.45) is 5.73 Å². The van der Waals surface area contributed by atoms with E-state index in [9.17, 15) is 23.9 Å². The highest BCUT2D eigenvalue weighted by Crippen LogP contribution is 2.21. The van der Waals surface area contributed by atoms with Crippen LogP contribution < -0.4 is 11.1 Å². The lowest BCUT2D eigenvalue weighted by Crippen LogP contribution is -2.56. The molecule has 9 heteroatoms. The summed E-state index contributed by atoms with van der Waals surface area (Å²) in [6.45, 7) is 5.58. The summed E-state index contributed by atoms with van der Waals surface area (Å²) in [5.41, 5.74) is 7.52. The van der Waals surface area contributed by atoms with Gasteiger partial charge in [-0.1, -0.05) is 74.5 Å². The van der Waals surface area contributed by atoms with E-state index in [0.717, 1.165) is 29.2 Å². The second-order valence-corrected chi connectivity index (χ2v) is 11.9. The van der Waals surface area contributed by atoms with Crippen molar-refractivity contribution in [3.63, 3.8) is 0 Å². The third-order valence-electron chi connectivity index (χ3n) is 8.57. The molecule has 0 heterocycles. The summed E-state index contributed by atoms with van der Waals surface area (Å²) in [6.07, 6.45) is 4.80. The predicted molar refractivity (Wildman–Crippen MR) is 177 cm³/mol. The van der Waals surface area contributed by atoms with E-state index >= 15 is 0 Å². The monoisotopic (exact) mass is 618 g/mol. The number of hydrogen-bond donors (Lipinski definition) is 3. The number of nitrogens with one attached hydrogen (secondary N) is 1. The number of aliphatic hydroxyl groups is 1. The summed E-state index contributed by atoms with van der Waals surface area (Å²) in [6, 6.07) is 17.6. The van der Waals surface area contributed by atoms with Gasteiger partial charge >= 0.3 is 0 Å². The zero-order valence-corrected chi connectivity index (χ0v) is 27.0. The number of benzene rings is 3. The lowest BCUT2D eigenvalue weighted by atomic mass is 9.90. The Bertz CT molecular complexity index is 1470. The van der Waals surface area contributed by atoms with Crippen molar-refractivity contribution in [3.05, 3.63) is 95.8 Å². The minimum Gasteiger partial charge on any atom is -0.392 e. The Labute approximate surface area is 266 Å². The number of hydrogen-bond acceptors (Lipinski definition) is 5. The minimum absolute atomic E-state index is 0.00262. The molecule has 3 atom stereocenters. The Hall–Kier alpha value is -4.08. The number of halogens is 1. The minimum atomic E-state index is -0.980. The Balaban J connectivity index is 1.96. The fourth-order valence-corrected chi connectivity index (χ4v) is 5.19. The van der Waals surface area contributed by atoms with Crippen molar-refractivity contribution in [1.82, 2.24) is 15.1 Å². The van der Waals surface area contributed by atoms with Gasteiger partial charge < -0.3 is 26.0 Å². The van der Waals surface area contributed by atoms with Crippen LogP contribution in [0.1, 0.15) is 51.2 Å². The van der Waals surface area contributed by atoms with Gasteiger partial charge in [-0.25, -0.2) is 4.39 Å². The first-order valence-electron chi connectivity index (χ1n) is 15.5. The largest absolute Gasteiger partial charge is 0.392 e. The van der Waals surface area contributed by atoms with E-state index in [1.807, 2.05) is 56.3 Å². The van der Waals surface area contributed by atoms with Gasteiger partial charge in [-0.3, -0.25) is 14.4 Å². The molecule has 3 aromatic rings. The van der Waals surface area contributed by atoms with Gasteiger partial charge in [0.25, 0.3) is 0 Å². The zero-order chi connectivity index (χ0) is 33.1. The summed E-state index contributed by atoms with van der Waals surface area (Å²) in [5, 5.41) is 14.5. The van der Waals surface area contributed by atoms with Crippen molar-refractivity contribution in [3.8, 4) is 0 Å². The fourth-order valence-electron chi connectivity index (χ4n) is 5.19. The molecule has 0 aromatic heterocycles. The van der Waals surface area contributed by atoms with Gasteiger partial charge in [0.1, 0.15) is 17.9 Å². The van der Waals surface area contributed by atoms with Crippen LogP contribution in [0.2, 0.25) is 0 Å². The molecular weight excluding hydrogens is 571 g/mol. The Morgan fingerprint density at radius 2 is 1.51 bits per heavy atom. The van der Waals surface area contributed by atoms with Gasteiger partial charge in [0, 0.05) is 39.0 Å². The van der Waals surface area contributed by atoms with E-state index in [4.69, 9.17) is 5.73 Å². The zero-order valence-electron chi connectivity index (χ0n) is 27.0. The maximum Gasteiger partial charge on any atom is 0.246 e. The highest BCUT2D eigenvalue weighted by atomic mass is 19.1. The van der Waals surface area contributed by atoms with E-state index in [2.05, 4.69) is 5.32 Å². The molecule has 0 aliphatic rings. The van der Waals surface area contributed by atoms with Crippen LogP contribution in [-0.2, 0) is 27.2 Å². The lowest BCUT2D eigenvalue weighted by Gasteiger charge is -2.34. The van der Waals surface area contributed by atoms with Crippen molar-refractivity contribution in [2.75, 3.05) is 20.6 Å². The lowest BCUT2D eigenvalue weighted by molar-refractivity contribution is -0.146. The molecule has 3 rings (SSSR count). The van der Waals surface area contributed by atoms with E-state index in [0.29, 0.717) is 12.0 Å². The average Bonchev–Trinajstić information content (AvgIpc) is 3.04. The Morgan fingerprint density at radius 3 is 2.13 bits per heavy atom. The number of carbonyl (C=O) groups is 3. The van der Waals surface area contributed by atoms with Gasteiger partial charge in [-0.05, 0) is 66.3 Å². The van der Waals surface area contributed by atoms with Gasteiger partial charge in [-0.15, -0.1) is 0 Å². The molecule has 0 bridgehead atoms. The number of rotatable bonds is 15. The van der Waals surface area contributed by atoms with Crippen molar-refractivity contribution >= 4 is 28.5 Å². The molecule has 0 saturated carbocycles. The quantitative estimate of drug-likeness (QED) is 0.219. The number of nitrogens with two attached hydrogens (primary N) is 1. The van der Waals surface area contributed by atoms with Crippen LogP contribution in [0.15, 0.2) is 78.9 Å². The van der Waals surface area contributed by atoms with Crippen molar-refractivity contribution < 1.29 is 23.9 Å². The molecule has 0 aliphatic carbocycles. The van der Waals surface area contributed by atoms with Crippen LogP contribution in [0.25, 0.3) is 10.8 Å². The van der Waals surface area contributed by atoms with Gasteiger partial charge in [0.05, 0.1) is 6.10 Å². The van der Waals surface area contributed by atoms with E-state index < -0.39 is 41.4 Å². The molecule has 0 unspecified atom stereocenters. The molecule has 0 radical (unpaired) electrons. The number of aliphatic hydroxyl groups excluding tert-OH is 1. The fraction of sp³-hybridized carbons (Fsp3) is 0.417. The molecular formula is C36H47FN4O4. The second kappa shape index (κ2) is 16.3. The topological polar surface area (TPSA) is 116 Å². The van der Waals surface area contributed by atoms with Gasteiger partial charge in [-0.2, -0.15) is 0 Å². The summed E-state index contributed by atoms with van der Waals surface area (Å²) >= 11 is 0. The van der Waals surface area contributed by atoms with Crippen molar-refractivity contribution in [1.29, 1.82) is 0 Å². The first-order chi connectivity index (χ1) is 21.4. The van der Waals surface area contributed by atoms with E-state index in [1.165, 1.54) is 35.1 Å². The predicted octanol–water partition coefficient (Wildman–Crippen LogP) is 4.38. The molecule has 0 fully saturated rings.